The average molecular weight is 317 g/mol. The van der Waals surface area contributed by atoms with Crippen LogP contribution in [0.5, 0.6) is 0 Å². The van der Waals surface area contributed by atoms with Crippen molar-refractivity contribution in [3.8, 4) is 0 Å². The summed E-state index contributed by atoms with van der Waals surface area (Å²) in [7, 11) is -3.62. The standard InChI is InChI=1S/C9H9BrN4O2S/c10-7-1-3-8(4-2-7)13-14-17(15,16)9-5-11-6-12-9/h1-6,13-14H,(H,11,12). The SMILES string of the molecule is O=S(=O)(NNc1ccc(Br)cc1)c1cnc[nH]1. The van der Waals surface area contributed by atoms with Crippen LogP contribution in [-0.4, -0.2) is 18.4 Å². The van der Waals surface area contributed by atoms with Crippen molar-refractivity contribution in [2.75, 3.05) is 5.43 Å². The Morgan fingerprint density at radius 3 is 2.53 bits per heavy atom. The molecule has 3 N–H and O–H groups in total. The number of sulfonamides is 1. The van der Waals surface area contributed by atoms with Gasteiger partial charge in [-0.25, -0.2) is 13.4 Å². The highest BCUT2D eigenvalue weighted by molar-refractivity contribution is 9.10. The second kappa shape index (κ2) is 4.86. The number of aromatic nitrogens is 2. The van der Waals surface area contributed by atoms with Gasteiger partial charge in [-0.2, -0.15) is 0 Å². The van der Waals surface area contributed by atoms with Gasteiger partial charge in [-0.1, -0.05) is 15.9 Å². The summed E-state index contributed by atoms with van der Waals surface area (Å²) in [6.45, 7) is 0. The van der Waals surface area contributed by atoms with E-state index in [1.807, 2.05) is 0 Å². The Bertz CT molecular complexity index is 580. The molecule has 2 aromatic rings. The fraction of sp³-hybridized carbons (Fsp3) is 0. The minimum atomic E-state index is -3.62. The molecule has 2 rings (SSSR count). The summed E-state index contributed by atoms with van der Waals surface area (Å²) >= 11 is 3.29. The quantitative estimate of drug-likeness (QED) is 0.746. The number of aromatic amines is 1. The van der Waals surface area contributed by atoms with Crippen molar-refractivity contribution in [2.24, 2.45) is 0 Å². The lowest BCUT2D eigenvalue weighted by molar-refractivity contribution is 0.584. The van der Waals surface area contributed by atoms with Crippen molar-refractivity contribution in [3.63, 3.8) is 0 Å². The number of imidazole rings is 1. The van der Waals surface area contributed by atoms with Gasteiger partial charge in [-0.05, 0) is 24.3 Å². The number of hydrazine groups is 1. The molecular formula is C9H9BrN4O2S. The van der Waals surface area contributed by atoms with Crippen LogP contribution in [0.3, 0.4) is 0 Å². The van der Waals surface area contributed by atoms with E-state index in [2.05, 4.69) is 36.2 Å². The second-order valence-corrected chi connectivity index (χ2v) is 5.72. The molecule has 6 nitrogen and oxygen atoms in total. The molecule has 0 aliphatic rings. The summed E-state index contributed by atoms with van der Waals surface area (Å²) in [6.07, 6.45) is 2.53. The Morgan fingerprint density at radius 1 is 1.24 bits per heavy atom. The van der Waals surface area contributed by atoms with Crippen LogP contribution in [0.25, 0.3) is 0 Å². The van der Waals surface area contributed by atoms with E-state index in [1.165, 1.54) is 12.5 Å². The summed E-state index contributed by atoms with van der Waals surface area (Å²) in [5.74, 6) is 0. The Hall–Kier alpha value is -1.38. The van der Waals surface area contributed by atoms with E-state index in [9.17, 15) is 8.42 Å². The first-order chi connectivity index (χ1) is 8.08. The van der Waals surface area contributed by atoms with Gasteiger partial charge in [0, 0.05) is 10.2 Å². The first-order valence-corrected chi connectivity index (χ1v) is 6.87. The molecule has 0 aliphatic carbocycles. The molecule has 0 spiro atoms. The zero-order chi connectivity index (χ0) is 12.3. The highest BCUT2D eigenvalue weighted by Crippen LogP contribution is 2.13. The molecule has 0 aliphatic heterocycles. The number of hydrogen-bond acceptors (Lipinski definition) is 4. The van der Waals surface area contributed by atoms with Crippen LogP contribution in [0.2, 0.25) is 0 Å². The molecule has 1 aromatic heterocycles. The van der Waals surface area contributed by atoms with Gasteiger partial charge in [0.25, 0.3) is 10.0 Å². The van der Waals surface area contributed by atoms with Crippen molar-refractivity contribution < 1.29 is 8.42 Å². The van der Waals surface area contributed by atoms with E-state index >= 15 is 0 Å². The average Bonchev–Trinajstić information content (AvgIpc) is 2.82. The number of halogens is 1. The lowest BCUT2D eigenvalue weighted by Gasteiger charge is -2.07. The fourth-order valence-electron chi connectivity index (χ4n) is 1.10. The number of nitrogens with one attached hydrogen (secondary N) is 3. The maximum absolute atomic E-state index is 11.7. The lowest BCUT2D eigenvalue weighted by Crippen LogP contribution is -2.29. The Balaban J connectivity index is 2.06. The lowest BCUT2D eigenvalue weighted by atomic mass is 10.3. The molecule has 0 atom stereocenters. The van der Waals surface area contributed by atoms with Gasteiger partial charge in [-0.15, -0.1) is 4.83 Å². The van der Waals surface area contributed by atoms with Gasteiger partial charge in [0.1, 0.15) is 0 Å². The molecule has 1 aromatic carbocycles. The summed E-state index contributed by atoms with van der Waals surface area (Å²) in [6, 6.07) is 7.07. The van der Waals surface area contributed by atoms with Gasteiger partial charge in [0.2, 0.25) is 0 Å². The van der Waals surface area contributed by atoms with Crippen LogP contribution in [0.15, 0.2) is 46.3 Å². The highest BCUT2D eigenvalue weighted by atomic mass is 79.9. The number of anilines is 1. The number of benzene rings is 1. The van der Waals surface area contributed by atoms with Crippen LogP contribution in [0.4, 0.5) is 5.69 Å². The van der Waals surface area contributed by atoms with Gasteiger partial charge in [-0.3, -0.25) is 0 Å². The third-order valence-corrected chi connectivity index (χ3v) is 3.64. The largest absolute Gasteiger partial charge is 0.335 e. The summed E-state index contributed by atoms with van der Waals surface area (Å²) in [5, 5.41) is 0.00196. The molecule has 0 saturated heterocycles. The van der Waals surface area contributed by atoms with Crippen molar-refractivity contribution in [2.45, 2.75) is 5.03 Å². The molecule has 0 unspecified atom stereocenters. The number of H-pyrrole nitrogens is 1. The van der Waals surface area contributed by atoms with E-state index in [0.717, 1.165) is 4.47 Å². The summed E-state index contributed by atoms with van der Waals surface area (Å²) < 4.78 is 24.3. The third kappa shape index (κ3) is 3.05. The highest BCUT2D eigenvalue weighted by Gasteiger charge is 2.14. The molecule has 1 heterocycles. The normalized spacial score (nSPS) is 11.4. The van der Waals surface area contributed by atoms with Crippen LogP contribution < -0.4 is 10.3 Å². The van der Waals surface area contributed by atoms with Crippen LogP contribution in [0.1, 0.15) is 0 Å². The first kappa shape index (κ1) is 12.1. The maximum Gasteiger partial charge on any atom is 0.274 e. The molecule has 0 bridgehead atoms. The van der Waals surface area contributed by atoms with Crippen LogP contribution in [0, 0.1) is 0 Å². The molecule has 0 fully saturated rings. The zero-order valence-electron chi connectivity index (χ0n) is 8.51. The number of hydrogen-bond donors (Lipinski definition) is 3. The predicted octanol–water partition coefficient (Wildman–Crippen LogP) is 1.48. The molecule has 90 valence electrons. The zero-order valence-corrected chi connectivity index (χ0v) is 10.9. The van der Waals surface area contributed by atoms with Gasteiger partial charge in [0.15, 0.2) is 5.03 Å². The Morgan fingerprint density at radius 2 is 1.94 bits per heavy atom. The van der Waals surface area contributed by atoms with Gasteiger partial charge in [0.05, 0.1) is 12.5 Å². The van der Waals surface area contributed by atoms with E-state index in [4.69, 9.17) is 0 Å². The van der Waals surface area contributed by atoms with Crippen molar-refractivity contribution in [1.82, 2.24) is 14.8 Å². The summed E-state index contributed by atoms with van der Waals surface area (Å²) in [5.41, 5.74) is 3.23. The van der Waals surface area contributed by atoms with Gasteiger partial charge >= 0.3 is 0 Å². The van der Waals surface area contributed by atoms with Crippen LogP contribution >= 0.6 is 15.9 Å². The minimum Gasteiger partial charge on any atom is -0.335 e. The fourth-order valence-corrected chi connectivity index (χ4v) is 2.14. The maximum atomic E-state index is 11.7. The van der Waals surface area contributed by atoms with Crippen molar-refractivity contribution in [1.29, 1.82) is 0 Å². The monoisotopic (exact) mass is 316 g/mol. The molecule has 0 saturated carbocycles. The topological polar surface area (TPSA) is 86.9 Å². The smallest absolute Gasteiger partial charge is 0.274 e. The van der Waals surface area contributed by atoms with E-state index < -0.39 is 10.0 Å². The minimum absolute atomic E-state index is 0.00196. The van der Waals surface area contributed by atoms with Crippen LogP contribution in [-0.2, 0) is 10.0 Å². The second-order valence-electron chi connectivity index (χ2n) is 3.15. The van der Waals surface area contributed by atoms with Crippen molar-refractivity contribution >= 4 is 31.6 Å². The summed E-state index contributed by atoms with van der Waals surface area (Å²) in [4.78, 5) is 8.39. The Kier molecular flexibility index (Phi) is 3.46. The van der Waals surface area contributed by atoms with Gasteiger partial charge < -0.3 is 10.4 Å². The third-order valence-electron chi connectivity index (χ3n) is 1.94. The molecular weight excluding hydrogens is 308 g/mol. The molecule has 8 heteroatoms. The molecule has 0 radical (unpaired) electrons. The van der Waals surface area contributed by atoms with E-state index in [-0.39, 0.29) is 5.03 Å². The van der Waals surface area contributed by atoms with Crippen molar-refractivity contribution in [3.05, 3.63) is 41.3 Å². The Labute approximate surface area is 107 Å². The predicted molar refractivity (Wildman–Crippen MR) is 66.7 cm³/mol. The molecule has 17 heavy (non-hydrogen) atoms. The molecule has 0 amide bonds. The number of nitrogens with zero attached hydrogens (tertiary/aromatic N) is 1. The first-order valence-electron chi connectivity index (χ1n) is 4.60. The van der Waals surface area contributed by atoms with E-state index in [0.29, 0.717) is 5.69 Å². The van der Waals surface area contributed by atoms with E-state index in [1.54, 1.807) is 24.3 Å². The number of rotatable bonds is 4.